The van der Waals surface area contributed by atoms with E-state index in [-0.39, 0.29) is 0 Å². The highest BCUT2D eigenvalue weighted by Gasteiger charge is 2.16. The van der Waals surface area contributed by atoms with Crippen LogP contribution in [-0.4, -0.2) is 27.1 Å². The van der Waals surface area contributed by atoms with Crippen molar-refractivity contribution in [3.8, 4) is 22.8 Å². The normalized spacial score (nSPS) is 10.8. The van der Waals surface area contributed by atoms with Crippen molar-refractivity contribution in [2.75, 3.05) is 5.73 Å². The first-order valence-corrected chi connectivity index (χ1v) is 8.41. The van der Waals surface area contributed by atoms with Gasteiger partial charge in [-0.15, -0.1) is 0 Å². The van der Waals surface area contributed by atoms with E-state index in [9.17, 15) is 0 Å². The van der Waals surface area contributed by atoms with Crippen molar-refractivity contribution < 1.29 is 4.74 Å². The van der Waals surface area contributed by atoms with Crippen molar-refractivity contribution in [2.24, 2.45) is 0 Å². The quantitative estimate of drug-likeness (QED) is 0.559. The van der Waals surface area contributed by atoms with Gasteiger partial charge in [0.2, 0.25) is 0 Å². The molecular formula is C19H17BN5O. The van der Waals surface area contributed by atoms with E-state index in [1.54, 1.807) is 4.59 Å². The molecule has 0 bridgehead atoms. The van der Waals surface area contributed by atoms with Crippen molar-refractivity contribution in [3.63, 3.8) is 0 Å². The minimum atomic E-state index is 0.422. The van der Waals surface area contributed by atoms with E-state index in [2.05, 4.69) is 15.1 Å². The summed E-state index contributed by atoms with van der Waals surface area (Å²) in [6.07, 6.45) is 2.30. The molecule has 0 aliphatic carbocycles. The summed E-state index contributed by atoms with van der Waals surface area (Å²) >= 11 is 0. The fourth-order valence-corrected chi connectivity index (χ4v) is 2.80. The van der Waals surface area contributed by atoms with Gasteiger partial charge in [-0.05, 0) is 36.4 Å². The Labute approximate surface area is 151 Å². The first-order valence-electron chi connectivity index (χ1n) is 8.41. The second-order valence-electron chi connectivity index (χ2n) is 5.78. The van der Waals surface area contributed by atoms with Crippen molar-refractivity contribution in [3.05, 3.63) is 60.9 Å². The summed E-state index contributed by atoms with van der Waals surface area (Å²) in [5.74, 6) is 1.98. The van der Waals surface area contributed by atoms with Crippen LogP contribution in [0.3, 0.4) is 0 Å². The van der Waals surface area contributed by atoms with Gasteiger partial charge in [-0.25, -0.2) is 9.97 Å². The molecule has 2 N–H and O–H groups in total. The van der Waals surface area contributed by atoms with Crippen molar-refractivity contribution in [2.45, 2.75) is 13.2 Å². The van der Waals surface area contributed by atoms with E-state index < -0.39 is 0 Å². The number of hydrogen-bond donors (Lipinski definition) is 1. The molecule has 0 fully saturated rings. The largest absolute Gasteiger partial charge is 0.457 e. The Kier molecular flexibility index (Phi) is 4.27. The summed E-state index contributed by atoms with van der Waals surface area (Å²) in [6.45, 7) is 2.05. The molecule has 0 amide bonds. The fraction of sp³-hybridized carbons (Fsp3) is 0.105. The summed E-state index contributed by atoms with van der Waals surface area (Å²) in [4.78, 5) is 8.45. The lowest BCUT2D eigenvalue weighted by Gasteiger charge is -2.06. The number of benzene rings is 2. The molecule has 0 saturated heterocycles. The number of nitrogens with two attached hydrogens (primary N) is 1. The van der Waals surface area contributed by atoms with Gasteiger partial charge in [0.1, 0.15) is 29.3 Å². The van der Waals surface area contributed by atoms with Crippen LogP contribution in [0.2, 0.25) is 6.32 Å². The van der Waals surface area contributed by atoms with Crippen LogP contribution in [-0.2, 0) is 0 Å². The number of anilines is 1. The Balaban J connectivity index is 1.71. The smallest absolute Gasteiger partial charge is 0.282 e. The Morgan fingerprint density at radius 3 is 2.46 bits per heavy atom. The molecule has 4 rings (SSSR count). The van der Waals surface area contributed by atoms with Crippen LogP contribution < -0.4 is 10.5 Å². The van der Waals surface area contributed by atoms with Gasteiger partial charge in [-0.3, -0.25) is 0 Å². The predicted molar refractivity (Wildman–Crippen MR) is 103 cm³/mol. The lowest BCUT2D eigenvalue weighted by atomic mass is 9.91. The van der Waals surface area contributed by atoms with Crippen molar-refractivity contribution >= 4 is 24.3 Å². The van der Waals surface area contributed by atoms with Crippen LogP contribution in [0, 0.1) is 0 Å². The Bertz CT molecular complexity index is 1030. The van der Waals surface area contributed by atoms with Crippen LogP contribution in [0.5, 0.6) is 11.5 Å². The molecule has 4 aromatic rings. The molecule has 7 heteroatoms. The molecule has 127 valence electrons. The molecular weight excluding hydrogens is 325 g/mol. The second-order valence-corrected chi connectivity index (χ2v) is 5.78. The second kappa shape index (κ2) is 6.88. The molecule has 0 aliphatic heterocycles. The van der Waals surface area contributed by atoms with Crippen LogP contribution in [0.15, 0.2) is 60.9 Å². The lowest BCUT2D eigenvalue weighted by Crippen LogP contribution is -2.07. The first kappa shape index (κ1) is 16.1. The molecule has 0 saturated carbocycles. The zero-order valence-corrected chi connectivity index (χ0v) is 14.3. The molecule has 2 heterocycles. The maximum absolute atomic E-state index is 6.09. The predicted octanol–water partition coefficient (Wildman–Crippen LogP) is 3.77. The SMILES string of the molecule is CC[B]n1nc(-c2ccc(Oc3ccccc3)cc2)c2c(N)ncnc21. The van der Waals surface area contributed by atoms with Gasteiger partial charge in [0.15, 0.2) is 5.65 Å². The van der Waals surface area contributed by atoms with Crippen LogP contribution in [0.4, 0.5) is 5.82 Å². The van der Waals surface area contributed by atoms with Gasteiger partial charge in [0, 0.05) is 5.56 Å². The van der Waals surface area contributed by atoms with Gasteiger partial charge in [-0.2, -0.15) is 5.10 Å². The molecule has 26 heavy (non-hydrogen) atoms. The number of fused-ring (bicyclic) bond motifs is 1. The average molecular weight is 342 g/mol. The fourth-order valence-electron chi connectivity index (χ4n) is 2.80. The maximum atomic E-state index is 6.09. The lowest BCUT2D eigenvalue weighted by molar-refractivity contribution is 0.483. The minimum absolute atomic E-state index is 0.422. The third-order valence-electron chi connectivity index (χ3n) is 3.98. The van der Waals surface area contributed by atoms with E-state index >= 15 is 0 Å². The van der Waals surface area contributed by atoms with Gasteiger partial charge >= 0.3 is 0 Å². The van der Waals surface area contributed by atoms with Crippen molar-refractivity contribution in [1.82, 2.24) is 19.7 Å². The summed E-state index contributed by atoms with van der Waals surface area (Å²) in [6, 6.07) is 17.4. The van der Waals surface area contributed by atoms with Gasteiger partial charge < -0.3 is 15.1 Å². The number of nitrogens with zero attached hydrogens (tertiary/aromatic N) is 4. The summed E-state index contributed by atoms with van der Waals surface area (Å²) in [5.41, 5.74) is 8.49. The number of nitrogen functional groups attached to an aromatic ring is 1. The molecule has 1 radical (unpaired) electrons. The van der Waals surface area contributed by atoms with Crippen molar-refractivity contribution in [1.29, 1.82) is 0 Å². The third-order valence-corrected chi connectivity index (χ3v) is 3.98. The molecule has 2 aromatic carbocycles. The summed E-state index contributed by atoms with van der Waals surface area (Å²) in [7, 11) is 1.96. The Morgan fingerprint density at radius 2 is 1.73 bits per heavy atom. The molecule has 0 atom stereocenters. The zero-order valence-electron chi connectivity index (χ0n) is 14.3. The Hall–Kier alpha value is -3.35. The standard InChI is InChI=1S/C19H17BN5O/c1-2-20-25-19-16(18(21)22-12-23-19)17(24-25)13-8-10-15(11-9-13)26-14-6-4-3-5-7-14/h3-12H,2H2,1H3,(H2,21,22,23). The van der Waals surface area contributed by atoms with Gasteiger partial charge in [-0.1, -0.05) is 31.4 Å². The third kappa shape index (κ3) is 2.99. The van der Waals surface area contributed by atoms with Crippen LogP contribution in [0.1, 0.15) is 6.92 Å². The van der Waals surface area contributed by atoms with E-state index in [0.29, 0.717) is 11.5 Å². The molecule has 2 aromatic heterocycles. The van der Waals surface area contributed by atoms with Crippen LogP contribution in [0.25, 0.3) is 22.3 Å². The molecule has 0 unspecified atom stereocenters. The van der Waals surface area contributed by atoms with Gasteiger partial charge in [0.05, 0.1) is 5.39 Å². The first-order chi connectivity index (χ1) is 12.8. The number of para-hydroxylation sites is 1. The summed E-state index contributed by atoms with van der Waals surface area (Å²) < 4.78 is 7.60. The van der Waals surface area contributed by atoms with E-state index in [1.165, 1.54) is 6.33 Å². The monoisotopic (exact) mass is 342 g/mol. The van der Waals surface area contributed by atoms with Crippen LogP contribution >= 0.6 is 0 Å². The topological polar surface area (TPSA) is 78.9 Å². The number of aromatic nitrogens is 4. The maximum Gasteiger partial charge on any atom is 0.282 e. The molecule has 0 spiro atoms. The average Bonchev–Trinajstić information content (AvgIpc) is 3.04. The highest BCUT2D eigenvalue weighted by molar-refractivity contribution is 6.35. The minimum Gasteiger partial charge on any atom is -0.457 e. The Morgan fingerprint density at radius 1 is 1.00 bits per heavy atom. The summed E-state index contributed by atoms with van der Waals surface area (Å²) in [5, 5.41) is 5.42. The van der Waals surface area contributed by atoms with E-state index in [1.807, 2.05) is 68.9 Å². The van der Waals surface area contributed by atoms with E-state index in [0.717, 1.165) is 34.5 Å². The zero-order chi connectivity index (χ0) is 17.9. The van der Waals surface area contributed by atoms with E-state index in [4.69, 9.17) is 10.5 Å². The highest BCUT2D eigenvalue weighted by atomic mass is 16.5. The highest BCUT2D eigenvalue weighted by Crippen LogP contribution is 2.31. The number of rotatable bonds is 5. The number of hydrogen-bond acceptors (Lipinski definition) is 5. The number of ether oxygens (including phenoxy) is 1. The molecule has 6 nitrogen and oxygen atoms in total. The molecule has 0 aliphatic rings. The van der Waals surface area contributed by atoms with Gasteiger partial charge in [0.25, 0.3) is 7.41 Å².